The lowest BCUT2D eigenvalue weighted by Gasteiger charge is -2.64. The Morgan fingerprint density at radius 3 is 2.48 bits per heavy atom. The van der Waals surface area contributed by atoms with Crippen molar-refractivity contribution in [3.8, 4) is 0 Å². The van der Waals surface area contributed by atoms with Gasteiger partial charge in [0.25, 0.3) is 0 Å². The molecule has 2 aliphatic heterocycles. The second-order valence-electron chi connectivity index (χ2n) is 17.8. The number of benzene rings is 1. The summed E-state index contributed by atoms with van der Waals surface area (Å²) in [5.74, 6) is 0.118. The van der Waals surface area contributed by atoms with Crippen molar-refractivity contribution in [2.24, 2.45) is 28.6 Å². The highest BCUT2D eigenvalue weighted by atomic mass is 16.5. The van der Waals surface area contributed by atoms with Gasteiger partial charge in [-0.05, 0) is 119 Å². The van der Waals surface area contributed by atoms with Gasteiger partial charge in [-0.2, -0.15) is 0 Å². The van der Waals surface area contributed by atoms with E-state index in [2.05, 4.69) is 77.1 Å². The van der Waals surface area contributed by atoms with E-state index in [-0.39, 0.29) is 34.4 Å². The topological polar surface area (TPSA) is 101 Å². The Hall–Kier alpha value is -3.00. The molecule has 8 rings (SSSR count). The van der Waals surface area contributed by atoms with Crippen LogP contribution in [0.2, 0.25) is 0 Å². The number of amides is 1. The van der Waals surface area contributed by atoms with Crippen LogP contribution in [-0.2, 0) is 21.4 Å². The van der Waals surface area contributed by atoms with E-state index in [1.165, 1.54) is 11.3 Å². The number of hydrogen-bond donors (Lipinski definition) is 3. The average molecular weight is 653 g/mol. The van der Waals surface area contributed by atoms with Crippen LogP contribution in [-0.4, -0.2) is 50.8 Å². The van der Waals surface area contributed by atoms with Crippen LogP contribution in [0.1, 0.15) is 126 Å². The third-order valence-corrected chi connectivity index (χ3v) is 14.5. The minimum atomic E-state index is -0.852. The number of likely N-dealkylation sites (N-methyl/N-ethyl adjacent to an activating group) is 1. The number of aliphatic hydroxyl groups is 2. The molecule has 0 saturated heterocycles. The molecule has 3 N–H and O–H groups in total. The second kappa shape index (κ2) is 9.61. The molecule has 1 aromatic carbocycles. The minimum Gasteiger partial charge on any atom is -0.392 e. The molecule has 0 bridgehead atoms. The maximum atomic E-state index is 14.8. The number of ether oxygens (including phenoxy) is 1. The lowest BCUT2D eigenvalue weighted by Crippen LogP contribution is -2.62. The normalized spacial score (nSPS) is 39.9. The minimum absolute atomic E-state index is 0.0282. The summed E-state index contributed by atoms with van der Waals surface area (Å²) < 4.78 is 8.86. The third kappa shape index (κ3) is 3.66. The van der Waals surface area contributed by atoms with E-state index in [0.29, 0.717) is 17.9 Å². The summed E-state index contributed by atoms with van der Waals surface area (Å²) in [6.45, 7) is 21.6. The first-order valence-corrected chi connectivity index (χ1v) is 18.0. The Labute approximate surface area is 284 Å². The van der Waals surface area contributed by atoms with Gasteiger partial charge in [0.05, 0.1) is 34.5 Å². The number of carbonyl (C=O) groups excluding carboxylic acids is 2. The predicted octanol–water partition coefficient (Wildman–Crippen LogP) is 6.90. The summed E-state index contributed by atoms with van der Waals surface area (Å²) in [5.41, 5.74) is 5.65. The van der Waals surface area contributed by atoms with E-state index >= 15 is 0 Å². The molecule has 2 saturated carbocycles. The van der Waals surface area contributed by atoms with Crippen LogP contribution in [0.4, 0.5) is 0 Å². The first-order valence-electron chi connectivity index (χ1n) is 18.0. The highest BCUT2D eigenvalue weighted by Gasteiger charge is 2.67. The molecule has 6 aliphatic rings. The number of rotatable bonds is 3. The van der Waals surface area contributed by atoms with Gasteiger partial charge in [-0.15, -0.1) is 0 Å². The maximum absolute atomic E-state index is 14.8. The Bertz CT molecular complexity index is 1910. The number of carbonyl (C=O) groups is 2. The molecule has 2 unspecified atom stereocenters. The number of hydrogen-bond acceptors (Lipinski definition) is 5. The standard InChI is InChI=1S/C41H52N2O5/c1-20(2)32-35(47)30-29-22(25-19-37(3,4)48-38(5,6)31(25)34(29)46)18-23-24-17-21-11-12-26-39(7,15-14-28(45)42-10)27(44)13-16-40(26,8)41(21,9)36(24)43(32)33(23)30/h14-15,18-19,21,26-27,31-32,34,44,46H,1,11-13,16-17H2,2-10H3,(H,42,45)/b15-14+/t21?,26-,27-,31?,32-,34+,39-,40-,41+/m0/s1. The fraction of sp³-hybridized carbons (Fsp3) is 0.610. The zero-order valence-corrected chi connectivity index (χ0v) is 30.1. The van der Waals surface area contributed by atoms with Gasteiger partial charge >= 0.3 is 0 Å². The summed E-state index contributed by atoms with van der Waals surface area (Å²) in [6.07, 6.45) is 8.77. The van der Waals surface area contributed by atoms with Gasteiger partial charge in [0, 0.05) is 40.4 Å². The summed E-state index contributed by atoms with van der Waals surface area (Å²) in [4.78, 5) is 27.2. The molecule has 0 radical (unpaired) electrons. The number of nitrogens with one attached hydrogen (secondary N) is 1. The number of allylic oxidation sites excluding steroid dienone is 1. The van der Waals surface area contributed by atoms with Crippen molar-refractivity contribution in [2.45, 2.75) is 122 Å². The van der Waals surface area contributed by atoms with Crippen LogP contribution in [0.5, 0.6) is 0 Å². The Balaban J connectivity index is 1.39. The molecule has 1 amide bonds. The Morgan fingerprint density at radius 2 is 1.81 bits per heavy atom. The molecule has 2 aromatic rings. The highest BCUT2D eigenvalue weighted by Crippen LogP contribution is 2.71. The van der Waals surface area contributed by atoms with Crippen LogP contribution >= 0.6 is 0 Å². The van der Waals surface area contributed by atoms with Crippen LogP contribution in [0, 0.1) is 28.6 Å². The van der Waals surface area contributed by atoms with Crippen molar-refractivity contribution in [3.05, 3.63) is 64.4 Å². The van der Waals surface area contributed by atoms with Crippen LogP contribution in [0.15, 0.2) is 36.4 Å². The van der Waals surface area contributed by atoms with E-state index < -0.39 is 34.9 Å². The van der Waals surface area contributed by atoms with E-state index in [4.69, 9.17) is 4.74 Å². The smallest absolute Gasteiger partial charge is 0.243 e. The summed E-state index contributed by atoms with van der Waals surface area (Å²) in [6, 6.07) is 1.77. The molecule has 9 atom stereocenters. The summed E-state index contributed by atoms with van der Waals surface area (Å²) in [7, 11) is 1.63. The summed E-state index contributed by atoms with van der Waals surface area (Å²) >= 11 is 0. The van der Waals surface area contributed by atoms with E-state index in [1.54, 1.807) is 13.1 Å². The van der Waals surface area contributed by atoms with Crippen LogP contribution in [0.3, 0.4) is 0 Å². The fourth-order valence-electron chi connectivity index (χ4n) is 12.4. The predicted molar refractivity (Wildman–Crippen MR) is 188 cm³/mol. The number of fused-ring (bicyclic) bond motifs is 11. The van der Waals surface area contributed by atoms with Crippen molar-refractivity contribution >= 4 is 28.2 Å². The third-order valence-electron chi connectivity index (χ3n) is 14.5. The van der Waals surface area contributed by atoms with Gasteiger partial charge < -0.3 is 24.8 Å². The average Bonchev–Trinajstić information content (AvgIpc) is 3.66. The molecule has 3 heterocycles. The molecule has 4 aliphatic carbocycles. The highest BCUT2D eigenvalue weighted by molar-refractivity contribution is 6.18. The van der Waals surface area contributed by atoms with E-state index in [1.807, 2.05) is 13.0 Å². The molecule has 7 nitrogen and oxygen atoms in total. The number of aromatic nitrogens is 1. The molecule has 48 heavy (non-hydrogen) atoms. The summed E-state index contributed by atoms with van der Waals surface area (Å²) in [5, 5.41) is 27.5. The van der Waals surface area contributed by atoms with Crippen molar-refractivity contribution in [3.63, 3.8) is 0 Å². The van der Waals surface area contributed by atoms with Gasteiger partial charge in [0.2, 0.25) is 5.91 Å². The van der Waals surface area contributed by atoms with Crippen molar-refractivity contribution < 1.29 is 24.5 Å². The number of nitrogens with zero attached hydrogens (tertiary/aromatic N) is 1. The Kier molecular flexibility index (Phi) is 6.45. The van der Waals surface area contributed by atoms with Crippen molar-refractivity contribution in [2.75, 3.05) is 7.05 Å². The molecule has 256 valence electrons. The van der Waals surface area contributed by atoms with Crippen molar-refractivity contribution in [1.29, 1.82) is 0 Å². The molecule has 7 heteroatoms. The lowest BCUT2D eigenvalue weighted by atomic mass is 9.40. The molecular formula is C41H52N2O5. The SMILES string of the molecule is C=C(C)[C@H]1C(=O)c2c3c(cc4c5c(n1c24)[C@@]1(C)C(CC[C@H]2[C@](C)(/C=C/C(=O)NC)[C@@H](O)CC[C@@]21C)C5)C1=CC(C)(C)OC(C)(C)C1[C@@H]3O. The second-order valence-corrected chi connectivity index (χ2v) is 17.8. The fourth-order valence-corrected chi connectivity index (χ4v) is 12.4. The van der Waals surface area contributed by atoms with E-state index in [0.717, 1.165) is 58.9 Å². The van der Waals surface area contributed by atoms with Gasteiger partial charge in [0.15, 0.2) is 5.78 Å². The number of aliphatic hydroxyl groups excluding tert-OH is 2. The van der Waals surface area contributed by atoms with Gasteiger partial charge in [-0.25, -0.2) is 0 Å². The monoisotopic (exact) mass is 652 g/mol. The first-order chi connectivity index (χ1) is 22.3. The van der Waals surface area contributed by atoms with Gasteiger partial charge in [-0.3, -0.25) is 9.59 Å². The largest absolute Gasteiger partial charge is 0.392 e. The molecule has 1 aromatic heterocycles. The molecule has 2 fully saturated rings. The molecule has 0 spiro atoms. The number of ketones is 1. The zero-order valence-electron chi connectivity index (χ0n) is 30.1. The maximum Gasteiger partial charge on any atom is 0.243 e. The van der Waals surface area contributed by atoms with Crippen LogP contribution in [0.25, 0.3) is 16.5 Å². The first kappa shape index (κ1) is 32.2. The van der Waals surface area contributed by atoms with Gasteiger partial charge in [-0.1, -0.05) is 39.0 Å². The van der Waals surface area contributed by atoms with Crippen LogP contribution < -0.4 is 5.32 Å². The van der Waals surface area contributed by atoms with E-state index in [9.17, 15) is 19.8 Å². The number of Topliss-reactive ketones (excluding diaryl/α,β-unsaturated/α-hetero) is 1. The van der Waals surface area contributed by atoms with Gasteiger partial charge in [0.1, 0.15) is 6.04 Å². The molecular weight excluding hydrogens is 600 g/mol. The lowest BCUT2D eigenvalue weighted by molar-refractivity contribution is -0.145. The Morgan fingerprint density at radius 1 is 1.10 bits per heavy atom. The quantitative estimate of drug-likeness (QED) is 0.248. The zero-order chi connectivity index (χ0) is 34.7. The van der Waals surface area contributed by atoms with Crippen molar-refractivity contribution in [1.82, 2.24) is 9.88 Å².